The Bertz CT molecular complexity index is 522. The molecule has 0 saturated carbocycles. The minimum atomic E-state index is -0.118. The summed E-state index contributed by atoms with van der Waals surface area (Å²) in [4.78, 5) is 24.1. The van der Waals surface area contributed by atoms with Crippen molar-refractivity contribution >= 4 is 17.5 Å². The third kappa shape index (κ3) is 4.04. The van der Waals surface area contributed by atoms with Gasteiger partial charge in [0.15, 0.2) is 0 Å². The first-order valence-electron chi connectivity index (χ1n) is 7.52. The highest BCUT2D eigenvalue weighted by atomic mass is 16.2. The monoisotopic (exact) mass is 289 g/mol. The molecule has 0 aromatic heterocycles. The lowest BCUT2D eigenvalue weighted by Gasteiger charge is -2.22. The van der Waals surface area contributed by atoms with Crippen LogP contribution in [-0.4, -0.2) is 31.4 Å². The van der Waals surface area contributed by atoms with E-state index in [0.717, 1.165) is 31.5 Å². The molecule has 0 spiro atoms. The van der Waals surface area contributed by atoms with Gasteiger partial charge in [-0.2, -0.15) is 0 Å². The molecule has 1 aromatic carbocycles. The second-order valence-electron chi connectivity index (χ2n) is 5.42. The maximum absolute atomic E-state index is 12.3. The predicted molar refractivity (Wildman–Crippen MR) is 83.4 cm³/mol. The molecule has 1 saturated heterocycles. The number of benzene rings is 1. The van der Waals surface area contributed by atoms with Gasteiger partial charge in [-0.05, 0) is 50.9 Å². The highest BCUT2D eigenvalue weighted by Crippen LogP contribution is 2.19. The Balaban J connectivity index is 2.09. The number of hydrogen-bond acceptors (Lipinski definition) is 3. The van der Waals surface area contributed by atoms with Gasteiger partial charge in [-0.15, -0.1) is 0 Å². The van der Waals surface area contributed by atoms with E-state index in [1.54, 1.807) is 12.1 Å². The number of carbonyl (C=O) groups is 2. The molecular formula is C16H23N3O2. The predicted octanol–water partition coefficient (Wildman–Crippen LogP) is 1.68. The van der Waals surface area contributed by atoms with Crippen molar-refractivity contribution in [3.63, 3.8) is 0 Å². The van der Waals surface area contributed by atoms with Crippen molar-refractivity contribution in [3.8, 4) is 0 Å². The molecule has 2 amide bonds. The normalized spacial score (nSPS) is 18.1. The molecule has 5 nitrogen and oxygen atoms in total. The molecular weight excluding hydrogens is 266 g/mol. The van der Waals surface area contributed by atoms with Crippen molar-refractivity contribution in [2.24, 2.45) is 5.92 Å². The molecule has 0 unspecified atom stereocenters. The first kappa shape index (κ1) is 15.5. The maximum atomic E-state index is 12.3. The second kappa shape index (κ2) is 7.22. The van der Waals surface area contributed by atoms with Crippen LogP contribution in [0.5, 0.6) is 0 Å². The molecule has 114 valence electrons. The lowest BCUT2D eigenvalue weighted by Crippen LogP contribution is -2.37. The van der Waals surface area contributed by atoms with E-state index in [1.807, 2.05) is 19.9 Å². The number of hydrogen-bond donors (Lipinski definition) is 3. The van der Waals surface area contributed by atoms with Crippen LogP contribution >= 0.6 is 0 Å². The number of amides is 2. The zero-order chi connectivity index (χ0) is 15.2. The van der Waals surface area contributed by atoms with Crippen molar-refractivity contribution in [3.05, 3.63) is 29.3 Å². The minimum Gasteiger partial charge on any atom is -0.352 e. The number of rotatable bonds is 4. The van der Waals surface area contributed by atoms with E-state index < -0.39 is 0 Å². The number of aryl methyl sites for hydroxylation is 1. The third-order valence-electron chi connectivity index (χ3n) is 3.76. The Kier molecular flexibility index (Phi) is 5.33. The quantitative estimate of drug-likeness (QED) is 0.790. The van der Waals surface area contributed by atoms with Crippen LogP contribution in [0.1, 0.15) is 35.7 Å². The molecule has 1 aliphatic heterocycles. The summed E-state index contributed by atoms with van der Waals surface area (Å²) in [5.41, 5.74) is 2.24. The van der Waals surface area contributed by atoms with Crippen LogP contribution in [0.4, 0.5) is 5.69 Å². The van der Waals surface area contributed by atoms with Gasteiger partial charge < -0.3 is 16.0 Å². The number of nitrogens with one attached hydrogen (secondary N) is 3. The van der Waals surface area contributed by atoms with Crippen LogP contribution in [0.3, 0.4) is 0 Å². The summed E-state index contributed by atoms with van der Waals surface area (Å²) in [6.07, 6.45) is 1.93. The largest absolute Gasteiger partial charge is 0.352 e. The highest BCUT2D eigenvalue weighted by molar-refractivity contribution is 5.98. The Morgan fingerprint density at radius 1 is 1.38 bits per heavy atom. The van der Waals surface area contributed by atoms with Gasteiger partial charge in [0, 0.05) is 24.3 Å². The maximum Gasteiger partial charge on any atom is 0.251 e. The van der Waals surface area contributed by atoms with E-state index >= 15 is 0 Å². The number of piperidine rings is 1. The zero-order valence-electron chi connectivity index (χ0n) is 12.7. The van der Waals surface area contributed by atoms with Crippen LogP contribution in [0.2, 0.25) is 0 Å². The van der Waals surface area contributed by atoms with Crippen molar-refractivity contribution < 1.29 is 9.59 Å². The van der Waals surface area contributed by atoms with E-state index in [-0.39, 0.29) is 17.7 Å². The molecule has 5 heteroatoms. The van der Waals surface area contributed by atoms with E-state index in [2.05, 4.69) is 16.0 Å². The van der Waals surface area contributed by atoms with E-state index in [0.29, 0.717) is 17.8 Å². The standard InChI is InChI=1S/C16H23N3O2/c1-3-18-15(20)12-7-6-11(2)14(9-12)19-16(21)13-5-4-8-17-10-13/h6-7,9,13,17H,3-5,8,10H2,1-2H3,(H,18,20)(H,19,21)/t13-/m0/s1. The average molecular weight is 289 g/mol. The van der Waals surface area contributed by atoms with Crippen molar-refractivity contribution in [1.82, 2.24) is 10.6 Å². The third-order valence-corrected chi connectivity index (χ3v) is 3.76. The van der Waals surface area contributed by atoms with Crippen LogP contribution in [0.25, 0.3) is 0 Å². The molecule has 0 radical (unpaired) electrons. The molecule has 3 N–H and O–H groups in total. The van der Waals surface area contributed by atoms with Crippen LogP contribution in [0.15, 0.2) is 18.2 Å². The molecule has 1 aliphatic rings. The van der Waals surface area contributed by atoms with Gasteiger partial charge in [-0.25, -0.2) is 0 Å². The Morgan fingerprint density at radius 2 is 2.19 bits per heavy atom. The molecule has 1 heterocycles. The summed E-state index contributed by atoms with van der Waals surface area (Å²) >= 11 is 0. The number of anilines is 1. The lowest BCUT2D eigenvalue weighted by atomic mass is 9.98. The zero-order valence-corrected chi connectivity index (χ0v) is 12.7. The van der Waals surface area contributed by atoms with Crippen LogP contribution in [0, 0.1) is 12.8 Å². The summed E-state index contributed by atoms with van der Waals surface area (Å²) in [7, 11) is 0. The van der Waals surface area contributed by atoms with Crippen molar-refractivity contribution in [2.45, 2.75) is 26.7 Å². The van der Waals surface area contributed by atoms with Gasteiger partial charge in [0.25, 0.3) is 5.91 Å². The number of carbonyl (C=O) groups excluding carboxylic acids is 2. The first-order valence-corrected chi connectivity index (χ1v) is 7.52. The Hall–Kier alpha value is -1.88. The summed E-state index contributed by atoms with van der Waals surface area (Å²) in [5.74, 6) is -0.0862. The Labute approximate surface area is 125 Å². The minimum absolute atomic E-state index is 0.00581. The van der Waals surface area contributed by atoms with Crippen molar-refractivity contribution in [1.29, 1.82) is 0 Å². The van der Waals surface area contributed by atoms with Gasteiger partial charge in [0.1, 0.15) is 0 Å². The molecule has 0 aliphatic carbocycles. The topological polar surface area (TPSA) is 70.2 Å². The van der Waals surface area contributed by atoms with Crippen LogP contribution in [-0.2, 0) is 4.79 Å². The van der Waals surface area contributed by atoms with Gasteiger partial charge in [0.2, 0.25) is 5.91 Å². The summed E-state index contributed by atoms with van der Waals surface area (Å²) in [5, 5.41) is 8.96. The van der Waals surface area contributed by atoms with E-state index in [9.17, 15) is 9.59 Å². The van der Waals surface area contributed by atoms with Gasteiger partial charge in [-0.1, -0.05) is 6.07 Å². The smallest absolute Gasteiger partial charge is 0.251 e. The SMILES string of the molecule is CCNC(=O)c1ccc(C)c(NC(=O)[C@H]2CCCNC2)c1. The highest BCUT2D eigenvalue weighted by Gasteiger charge is 2.21. The van der Waals surface area contributed by atoms with Gasteiger partial charge in [-0.3, -0.25) is 9.59 Å². The summed E-state index contributed by atoms with van der Waals surface area (Å²) in [6.45, 7) is 6.10. The van der Waals surface area contributed by atoms with E-state index in [1.165, 1.54) is 0 Å². The molecule has 0 bridgehead atoms. The first-order chi connectivity index (χ1) is 10.1. The van der Waals surface area contributed by atoms with Gasteiger partial charge in [0.05, 0.1) is 5.92 Å². The van der Waals surface area contributed by atoms with Crippen LogP contribution < -0.4 is 16.0 Å². The molecule has 1 fully saturated rings. The molecule has 21 heavy (non-hydrogen) atoms. The molecule has 2 rings (SSSR count). The fraction of sp³-hybridized carbons (Fsp3) is 0.500. The van der Waals surface area contributed by atoms with E-state index in [4.69, 9.17) is 0 Å². The Morgan fingerprint density at radius 3 is 2.86 bits per heavy atom. The summed E-state index contributed by atoms with van der Waals surface area (Å²) < 4.78 is 0. The van der Waals surface area contributed by atoms with Crippen molar-refractivity contribution in [2.75, 3.05) is 25.0 Å². The second-order valence-corrected chi connectivity index (χ2v) is 5.42. The fourth-order valence-electron chi connectivity index (χ4n) is 2.47. The fourth-order valence-corrected chi connectivity index (χ4v) is 2.47. The lowest BCUT2D eigenvalue weighted by molar-refractivity contribution is -0.120. The van der Waals surface area contributed by atoms with Gasteiger partial charge >= 0.3 is 0 Å². The molecule has 1 atom stereocenters. The summed E-state index contributed by atoms with van der Waals surface area (Å²) in [6, 6.07) is 5.38. The average Bonchev–Trinajstić information content (AvgIpc) is 2.50. The molecule has 1 aromatic rings.